The van der Waals surface area contributed by atoms with E-state index < -0.39 is 0 Å². The van der Waals surface area contributed by atoms with Gasteiger partial charge in [0.25, 0.3) is 5.91 Å². The molecule has 6 N–H and O–H groups in total. The van der Waals surface area contributed by atoms with Gasteiger partial charge in [0, 0.05) is 25.8 Å². The van der Waals surface area contributed by atoms with E-state index in [2.05, 4.69) is 10.6 Å². The molecule has 0 atom stereocenters. The second kappa shape index (κ2) is 5.42. The lowest BCUT2D eigenvalue weighted by Crippen LogP contribution is -2.34. The molecule has 5 heteroatoms. The molecule has 0 aromatic rings. The van der Waals surface area contributed by atoms with Crippen LogP contribution in [-0.2, 0) is 4.79 Å². The Kier molecular flexibility index (Phi) is 4.87. The first-order valence-corrected chi connectivity index (χ1v) is 3.75. The summed E-state index contributed by atoms with van der Waals surface area (Å²) in [5.74, 6) is -0.219. The molecule has 0 rings (SSSR count). The summed E-state index contributed by atoms with van der Waals surface area (Å²) in [7, 11) is 1.55. The highest BCUT2D eigenvalue weighted by Gasteiger charge is 2.07. The van der Waals surface area contributed by atoms with Gasteiger partial charge in [-0.25, -0.2) is 0 Å². The highest BCUT2D eigenvalue weighted by atomic mass is 16.2. The van der Waals surface area contributed by atoms with Crippen molar-refractivity contribution < 1.29 is 4.79 Å². The Balaban J connectivity index is 4.26. The van der Waals surface area contributed by atoms with Crippen molar-refractivity contribution in [3.05, 3.63) is 11.4 Å². The molecule has 0 radical (unpaired) electrons. The van der Waals surface area contributed by atoms with Crippen LogP contribution in [0.5, 0.6) is 0 Å². The highest BCUT2D eigenvalue weighted by Crippen LogP contribution is 1.92. The van der Waals surface area contributed by atoms with Crippen LogP contribution in [-0.4, -0.2) is 26.0 Å². The van der Waals surface area contributed by atoms with Crippen molar-refractivity contribution in [1.82, 2.24) is 10.6 Å². The Morgan fingerprint density at radius 3 is 2.42 bits per heavy atom. The standard InChI is InChI=1S/C7H16N4O/c1-5(9)6(7(12)10-2)11-4-3-8/h11H,3-4,8-9H2,1-2H3,(H,10,12)/b6-5-. The van der Waals surface area contributed by atoms with Gasteiger partial charge in [0.15, 0.2) is 0 Å². The maximum absolute atomic E-state index is 11.1. The quantitative estimate of drug-likeness (QED) is 0.387. The van der Waals surface area contributed by atoms with Crippen LogP contribution < -0.4 is 22.1 Å². The maximum Gasteiger partial charge on any atom is 0.268 e. The van der Waals surface area contributed by atoms with E-state index in [1.54, 1.807) is 14.0 Å². The summed E-state index contributed by atoms with van der Waals surface area (Å²) in [6.45, 7) is 2.67. The molecule has 0 saturated carbocycles. The lowest BCUT2D eigenvalue weighted by Gasteiger charge is -2.09. The summed E-state index contributed by atoms with van der Waals surface area (Å²) in [6, 6.07) is 0. The number of rotatable bonds is 4. The van der Waals surface area contributed by atoms with Crippen LogP contribution in [0.15, 0.2) is 11.4 Å². The normalized spacial score (nSPS) is 11.9. The maximum atomic E-state index is 11.1. The molecule has 70 valence electrons. The van der Waals surface area contributed by atoms with Gasteiger partial charge in [-0.3, -0.25) is 4.79 Å². The molecular weight excluding hydrogens is 156 g/mol. The van der Waals surface area contributed by atoms with Gasteiger partial charge in [-0.05, 0) is 6.92 Å². The molecule has 0 heterocycles. The van der Waals surface area contributed by atoms with Crippen molar-refractivity contribution in [3.63, 3.8) is 0 Å². The van der Waals surface area contributed by atoms with Crippen LogP contribution in [0.25, 0.3) is 0 Å². The summed E-state index contributed by atoms with van der Waals surface area (Å²) in [6.07, 6.45) is 0. The Morgan fingerprint density at radius 1 is 1.50 bits per heavy atom. The molecule has 12 heavy (non-hydrogen) atoms. The molecule has 0 aromatic carbocycles. The molecule has 0 unspecified atom stereocenters. The van der Waals surface area contributed by atoms with Gasteiger partial charge in [-0.1, -0.05) is 0 Å². The number of nitrogens with one attached hydrogen (secondary N) is 2. The van der Waals surface area contributed by atoms with Crippen molar-refractivity contribution in [2.24, 2.45) is 11.5 Å². The molecule has 0 fully saturated rings. The van der Waals surface area contributed by atoms with Crippen LogP contribution >= 0.6 is 0 Å². The van der Waals surface area contributed by atoms with E-state index in [-0.39, 0.29) is 5.91 Å². The Hall–Kier alpha value is -1.23. The van der Waals surface area contributed by atoms with E-state index in [9.17, 15) is 4.79 Å². The van der Waals surface area contributed by atoms with Gasteiger partial charge in [-0.15, -0.1) is 0 Å². The predicted octanol–water partition coefficient (Wildman–Crippen LogP) is -1.53. The summed E-state index contributed by atoms with van der Waals surface area (Å²) in [4.78, 5) is 11.1. The van der Waals surface area contributed by atoms with Crippen molar-refractivity contribution in [2.75, 3.05) is 20.1 Å². The van der Waals surface area contributed by atoms with Gasteiger partial charge in [0.05, 0.1) is 0 Å². The number of hydrogen-bond acceptors (Lipinski definition) is 4. The molecule has 0 aliphatic heterocycles. The van der Waals surface area contributed by atoms with Gasteiger partial charge in [-0.2, -0.15) is 0 Å². The fourth-order valence-electron chi connectivity index (χ4n) is 0.721. The van der Waals surface area contributed by atoms with Crippen molar-refractivity contribution in [3.8, 4) is 0 Å². The van der Waals surface area contributed by atoms with E-state index in [1.807, 2.05) is 0 Å². The SMILES string of the molecule is CNC(=O)/C(NCCN)=C(\C)N. The second-order valence-corrected chi connectivity index (χ2v) is 2.35. The van der Waals surface area contributed by atoms with Crippen LogP contribution in [0, 0.1) is 0 Å². The number of amides is 1. The van der Waals surface area contributed by atoms with Crippen LogP contribution in [0.2, 0.25) is 0 Å². The minimum Gasteiger partial charge on any atom is -0.400 e. The van der Waals surface area contributed by atoms with Crippen molar-refractivity contribution in [1.29, 1.82) is 0 Å². The lowest BCUT2D eigenvalue weighted by atomic mass is 10.3. The first-order chi connectivity index (χ1) is 5.63. The monoisotopic (exact) mass is 172 g/mol. The molecule has 0 aromatic heterocycles. The average molecular weight is 172 g/mol. The highest BCUT2D eigenvalue weighted by molar-refractivity contribution is 5.93. The smallest absolute Gasteiger partial charge is 0.268 e. The molecule has 0 bridgehead atoms. The predicted molar refractivity (Wildman–Crippen MR) is 48.0 cm³/mol. The van der Waals surface area contributed by atoms with Gasteiger partial charge < -0.3 is 22.1 Å². The molecule has 0 aliphatic rings. The van der Waals surface area contributed by atoms with Gasteiger partial charge in [0.1, 0.15) is 5.70 Å². The molecule has 0 aliphatic carbocycles. The Morgan fingerprint density at radius 2 is 2.08 bits per heavy atom. The molecular formula is C7H16N4O. The second-order valence-electron chi connectivity index (χ2n) is 2.35. The third-order valence-electron chi connectivity index (χ3n) is 1.29. The number of likely N-dealkylation sites (N-methyl/N-ethyl adjacent to an activating group) is 1. The van der Waals surface area contributed by atoms with E-state index in [4.69, 9.17) is 11.5 Å². The molecule has 1 amide bonds. The minimum atomic E-state index is -0.219. The van der Waals surface area contributed by atoms with E-state index >= 15 is 0 Å². The van der Waals surface area contributed by atoms with Gasteiger partial charge in [0.2, 0.25) is 0 Å². The van der Waals surface area contributed by atoms with Crippen LogP contribution in [0.1, 0.15) is 6.92 Å². The van der Waals surface area contributed by atoms with E-state index in [0.29, 0.717) is 24.5 Å². The van der Waals surface area contributed by atoms with Crippen LogP contribution in [0.3, 0.4) is 0 Å². The number of allylic oxidation sites excluding steroid dienone is 1. The number of carbonyl (C=O) groups is 1. The summed E-state index contributed by atoms with van der Waals surface area (Å²) in [5.41, 5.74) is 11.6. The van der Waals surface area contributed by atoms with E-state index in [0.717, 1.165) is 0 Å². The first kappa shape index (κ1) is 10.8. The lowest BCUT2D eigenvalue weighted by molar-refractivity contribution is -0.117. The summed E-state index contributed by atoms with van der Waals surface area (Å²) >= 11 is 0. The fourth-order valence-corrected chi connectivity index (χ4v) is 0.721. The van der Waals surface area contributed by atoms with Crippen molar-refractivity contribution >= 4 is 5.91 Å². The van der Waals surface area contributed by atoms with E-state index in [1.165, 1.54) is 0 Å². The third kappa shape index (κ3) is 3.25. The van der Waals surface area contributed by atoms with Crippen molar-refractivity contribution in [2.45, 2.75) is 6.92 Å². The third-order valence-corrected chi connectivity index (χ3v) is 1.29. The Labute approximate surface area is 72.2 Å². The average Bonchev–Trinajstić information content (AvgIpc) is 2.04. The topological polar surface area (TPSA) is 93.2 Å². The molecule has 0 saturated heterocycles. The number of hydrogen-bond donors (Lipinski definition) is 4. The molecule has 0 spiro atoms. The zero-order chi connectivity index (χ0) is 9.56. The zero-order valence-electron chi connectivity index (χ0n) is 7.48. The first-order valence-electron chi connectivity index (χ1n) is 3.75. The summed E-state index contributed by atoms with van der Waals surface area (Å²) < 4.78 is 0. The van der Waals surface area contributed by atoms with Gasteiger partial charge >= 0.3 is 0 Å². The summed E-state index contributed by atoms with van der Waals surface area (Å²) in [5, 5.41) is 5.31. The minimum absolute atomic E-state index is 0.219. The Bertz CT molecular complexity index is 184. The zero-order valence-corrected chi connectivity index (χ0v) is 7.48. The molecule has 5 nitrogen and oxygen atoms in total. The van der Waals surface area contributed by atoms with Crippen LogP contribution in [0.4, 0.5) is 0 Å². The number of carbonyl (C=O) groups excluding carboxylic acids is 1. The fraction of sp³-hybridized carbons (Fsp3) is 0.571. The number of nitrogens with two attached hydrogens (primary N) is 2. The largest absolute Gasteiger partial charge is 0.400 e.